The largest absolute Gasteiger partial charge is 0.673 e. The third kappa shape index (κ3) is 7.41. The maximum atomic E-state index is 9.75. The monoisotopic (exact) mass is 318 g/mol. The van der Waals surface area contributed by atoms with E-state index in [-0.39, 0.29) is 0 Å². The Hall–Kier alpha value is -0.525. The van der Waals surface area contributed by atoms with Gasteiger partial charge in [0.1, 0.15) is 6.20 Å². The van der Waals surface area contributed by atoms with E-state index in [1.807, 2.05) is 0 Å². The molecular formula is C9H16BBrF4N2. The minimum atomic E-state index is -6.00. The SMILES string of the molecule is CCCC[n+]1cc(Br)n(C)c1C.F[B-](F)(F)F. The van der Waals surface area contributed by atoms with Crippen LogP contribution in [0.2, 0.25) is 0 Å². The molecule has 1 heterocycles. The van der Waals surface area contributed by atoms with Gasteiger partial charge in [0.15, 0.2) is 0 Å². The van der Waals surface area contributed by atoms with Gasteiger partial charge in [0, 0.05) is 22.9 Å². The van der Waals surface area contributed by atoms with Crippen molar-refractivity contribution in [2.24, 2.45) is 7.05 Å². The first-order valence-electron chi connectivity index (χ1n) is 5.25. The molecule has 0 aliphatic carbocycles. The van der Waals surface area contributed by atoms with Crippen LogP contribution in [0.25, 0.3) is 0 Å². The molecule has 0 aromatic carbocycles. The lowest BCUT2D eigenvalue weighted by atomic mass is 10.3. The number of rotatable bonds is 3. The Balaban J connectivity index is 0.000000437. The van der Waals surface area contributed by atoms with Crippen LogP contribution in [0, 0.1) is 6.92 Å². The van der Waals surface area contributed by atoms with E-state index in [1.165, 1.54) is 18.7 Å². The third-order valence-electron chi connectivity index (χ3n) is 2.24. The number of imidazole rings is 1. The van der Waals surface area contributed by atoms with E-state index < -0.39 is 7.25 Å². The number of nitrogens with zero attached hydrogens (tertiary/aromatic N) is 2. The van der Waals surface area contributed by atoms with E-state index in [2.05, 4.69) is 52.2 Å². The highest BCUT2D eigenvalue weighted by atomic mass is 79.9. The van der Waals surface area contributed by atoms with Crippen LogP contribution in [0.15, 0.2) is 10.8 Å². The van der Waals surface area contributed by atoms with Gasteiger partial charge in [0.2, 0.25) is 4.60 Å². The van der Waals surface area contributed by atoms with E-state index in [0.29, 0.717) is 0 Å². The van der Waals surface area contributed by atoms with Gasteiger partial charge in [0.05, 0.1) is 13.6 Å². The molecule has 8 heteroatoms. The predicted octanol–water partition coefficient (Wildman–Crippen LogP) is 3.48. The molecule has 0 bridgehead atoms. The normalized spacial score (nSPS) is 11.1. The Morgan fingerprint density at radius 2 is 1.82 bits per heavy atom. The molecule has 17 heavy (non-hydrogen) atoms. The summed E-state index contributed by atoms with van der Waals surface area (Å²) in [6, 6.07) is 0. The molecule has 2 nitrogen and oxygen atoms in total. The molecular weight excluding hydrogens is 303 g/mol. The molecule has 0 saturated heterocycles. The molecule has 0 amide bonds. The van der Waals surface area contributed by atoms with E-state index in [9.17, 15) is 17.3 Å². The lowest BCUT2D eigenvalue weighted by Crippen LogP contribution is -2.35. The highest BCUT2D eigenvalue weighted by Gasteiger charge is 2.20. The first-order valence-corrected chi connectivity index (χ1v) is 6.04. The van der Waals surface area contributed by atoms with Crippen molar-refractivity contribution in [3.05, 3.63) is 16.6 Å². The Kier molecular flexibility index (Phi) is 6.81. The first-order chi connectivity index (χ1) is 7.66. The summed E-state index contributed by atoms with van der Waals surface area (Å²) >= 11 is 3.50. The maximum Gasteiger partial charge on any atom is 0.673 e. The van der Waals surface area contributed by atoms with Crippen molar-refractivity contribution in [1.82, 2.24) is 4.57 Å². The Labute approximate surface area is 107 Å². The molecule has 100 valence electrons. The van der Waals surface area contributed by atoms with Crippen molar-refractivity contribution in [1.29, 1.82) is 0 Å². The number of hydrogen-bond acceptors (Lipinski definition) is 0. The minimum Gasteiger partial charge on any atom is -0.418 e. The van der Waals surface area contributed by atoms with E-state index >= 15 is 0 Å². The molecule has 0 spiro atoms. The maximum absolute atomic E-state index is 9.75. The van der Waals surface area contributed by atoms with Gasteiger partial charge in [0.25, 0.3) is 5.82 Å². The fourth-order valence-corrected chi connectivity index (χ4v) is 1.71. The molecule has 0 saturated carbocycles. The zero-order valence-electron chi connectivity index (χ0n) is 10.1. The number of unbranched alkanes of at least 4 members (excludes halogenated alkanes) is 1. The van der Waals surface area contributed by atoms with Gasteiger partial charge in [-0.05, 0) is 6.42 Å². The second kappa shape index (κ2) is 7.03. The predicted molar refractivity (Wildman–Crippen MR) is 63.1 cm³/mol. The van der Waals surface area contributed by atoms with Gasteiger partial charge in [-0.3, -0.25) is 0 Å². The Bertz CT molecular complexity index is 346. The number of hydrogen-bond donors (Lipinski definition) is 0. The summed E-state index contributed by atoms with van der Waals surface area (Å²) in [7, 11) is -3.93. The molecule has 1 aromatic heterocycles. The zero-order chi connectivity index (χ0) is 13.6. The fraction of sp³-hybridized carbons (Fsp3) is 0.667. The van der Waals surface area contributed by atoms with Crippen LogP contribution in [-0.4, -0.2) is 11.8 Å². The van der Waals surface area contributed by atoms with Gasteiger partial charge in [-0.15, -0.1) is 0 Å². The lowest BCUT2D eigenvalue weighted by molar-refractivity contribution is -0.702. The van der Waals surface area contributed by atoms with Crippen LogP contribution < -0.4 is 4.57 Å². The number of halogens is 5. The molecule has 0 fully saturated rings. The van der Waals surface area contributed by atoms with Crippen molar-refractivity contribution in [2.45, 2.75) is 33.2 Å². The van der Waals surface area contributed by atoms with Gasteiger partial charge < -0.3 is 17.3 Å². The summed E-state index contributed by atoms with van der Waals surface area (Å²) in [6.45, 7) is 5.48. The summed E-state index contributed by atoms with van der Waals surface area (Å²) in [5, 5.41) is 0. The van der Waals surface area contributed by atoms with Crippen LogP contribution in [0.1, 0.15) is 25.6 Å². The van der Waals surface area contributed by atoms with Gasteiger partial charge >= 0.3 is 7.25 Å². The second-order valence-electron chi connectivity index (χ2n) is 3.60. The summed E-state index contributed by atoms with van der Waals surface area (Å²) in [5.41, 5.74) is 0. The van der Waals surface area contributed by atoms with Crippen molar-refractivity contribution in [3.63, 3.8) is 0 Å². The van der Waals surface area contributed by atoms with Crippen LogP contribution >= 0.6 is 15.9 Å². The van der Waals surface area contributed by atoms with Crippen LogP contribution in [0.4, 0.5) is 17.3 Å². The fourth-order valence-electron chi connectivity index (χ4n) is 1.21. The Morgan fingerprint density at radius 3 is 2.12 bits per heavy atom. The standard InChI is InChI=1S/C9H16BrN2.BF4/c1-4-5-6-12-7-9(10)11(3)8(12)2;2-1(3,4)5/h7H,4-6H2,1-3H3;/q+1;-1. The molecule has 0 unspecified atom stereocenters. The van der Waals surface area contributed by atoms with E-state index in [1.54, 1.807) is 0 Å². The summed E-state index contributed by atoms with van der Waals surface area (Å²) in [5.74, 6) is 1.30. The van der Waals surface area contributed by atoms with Gasteiger partial charge in [-0.25, -0.2) is 9.13 Å². The summed E-state index contributed by atoms with van der Waals surface area (Å²) < 4.78 is 44.6. The summed E-state index contributed by atoms with van der Waals surface area (Å²) in [6.07, 6.45) is 4.64. The lowest BCUT2D eigenvalue weighted by Gasteiger charge is -1.95. The number of aromatic nitrogens is 2. The smallest absolute Gasteiger partial charge is 0.418 e. The molecule has 1 rings (SSSR count). The molecule has 0 aliphatic rings. The number of aryl methyl sites for hydroxylation is 1. The van der Waals surface area contributed by atoms with E-state index in [4.69, 9.17) is 0 Å². The second-order valence-corrected chi connectivity index (χ2v) is 4.41. The van der Waals surface area contributed by atoms with Crippen LogP contribution in [0.3, 0.4) is 0 Å². The first kappa shape index (κ1) is 16.5. The third-order valence-corrected chi connectivity index (χ3v) is 2.97. The van der Waals surface area contributed by atoms with E-state index in [0.717, 1.165) is 11.1 Å². The quantitative estimate of drug-likeness (QED) is 0.458. The van der Waals surface area contributed by atoms with Crippen LogP contribution in [0.5, 0.6) is 0 Å². The highest BCUT2D eigenvalue weighted by molar-refractivity contribution is 9.10. The molecule has 1 aromatic rings. The molecule has 0 aliphatic heterocycles. The zero-order valence-corrected chi connectivity index (χ0v) is 11.6. The average Bonchev–Trinajstić information content (AvgIpc) is 2.40. The minimum absolute atomic E-state index is 1.13. The van der Waals surface area contributed by atoms with Crippen LogP contribution in [-0.2, 0) is 13.6 Å². The highest BCUT2D eigenvalue weighted by Crippen LogP contribution is 2.08. The molecule has 0 N–H and O–H groups in total. The topological polar surface area (TPSA) is 8.81 Å². The van der Waals surface area contributed by atoms with Gasteiger partial charge in [-0.1, -0.05) is 13.3 Å². The van der Waals surface area contributed by atoms with Crippen molar-refractivity contribution in [2.75, 3.05) is 0 Å². The van der Waals surface area contributed by atoms with Crippen molar-refractivity contribution in [3.8, 4) is 0 Å². The van der Waals surface area contributed by atoms with Crippen molar-refractivity contribution < 1.29 is 21.8 Å². The molecule has 0 radical (unpaired) electrons. The average molecular weight is 319 g/mol. The summed E-state index contributed by atoms with van der Waals surface area (Å²) in [4.78, 5) is 0. The molecule has 0 atom stereocenters. The van der Waals surface area contributed by atoms with Crippen molar-refractivity contribution >= 4 is 23.2 Å². The Morgan fingerprint density at radius 1 is 1.35 bits per heavy atom. The van der Waals surface area contributed by atoms with Gasteiger partial charge in [-0.2, -0.15) is 0 Å².